The van der Waals surface area contributed by atoms with Crippen molar-refractivity contribution in [1.82, 2.24) is 0 Å². The summed E-state index contributed by atoms with van der Waals surface area (Å²) < 4.78 is 5.16. The highest BCUT2D eigenvalue weighted by molar-refractivity contribution is 5.76. The second kappa shape index (κ2) is 5.25. The fourth-order valence-electron chi connectivity index (χ4n) is 3.33. The van der Waals surface area contributed by atoms with E-state index in [1.165, 1.54) is 5.57 Å². The van der Waals surface area contributed by atoms with Crippen LogP contribution in [0.5, 0.6) is 0 Å². The smallest absolute Gasteiger partial charge is 0.314 e. The van der Waals surface area contributed by atoms with E-state index in [4.69, 9.17) is 4.74 Å². The molecule has 2 aliphatic rings. The largest absolute Gasteiger partial charge is 0.434 e. The number of hydrogen-bond donors (Lipinski definition) is 0. The van der Waals surface area contributed by atoms with E-state index in [-0.39, 0.29) is 17.7 Å². The predicted molar refractivity (Wildman–Crippen MR) is 68.6 cm³/mol. The number of hydrogen-bond acceptors (Lipinski definition) is 3. The Labute approximate surface area is 109 Å². The van der Waals surface area contributed by atoms with E-state index in [2.05, 4.69) is 6.92 Å². The minimum Gasteiger partial charge on any atom is -0.434 e. The number of cyclic esters (lactones) is 1. The maximum atomic E-state index is 11.6. The van der Waals surface area contributed by atoms with Gasteiger partial charge in [-0.2, -0.15) is 0 Å². The first-order chi connectivity index (χ1) is 8.50. The normalized spacial score (nSPS) is 35.5. The van der Waals surface area contributed by atoms with Gasteiger partial charge < -0.3 is 9.53 Å². The van der Waals surface area contributed by atoms with Gasteiger partial charge in [-0.25, -0.2) is 0 Å². The minimum atomic E-state index is -0.108. The first kappa shape index (κ1) is 13.3. The van der Waals surface area contributed by atoms with Crippen LogP contribution in [0, 0.1) is 23.7 Å². The standard InChI is InChI=1S/C15H22O3/c1-9-4-6-13-11(3)15(17)18-8-14(13)12(9)7-5-10(2)16/h8-9,11-13H,4-7H2,1-3H3/t9-,11-,12+,13+/m1/s1. The van der Waals surface area contributed by atoms with Crippen molar-refractivity contribution < 1.29 is 14.3 Å². The van der Waals surface area contributed by atoms with E-state index in [1.54, 1.807) is 13.2 Å². The molecule has 0 amide bonds. The number of carbonyl (C=O) groups excluding carboxylic acids is 2. The Hall–Kier alpha value is -1.12. The van der Waals surface area contributed by atoms with Crippen LogP contribution in [0.15, 0.2) is 11.8 Å². The molecule has 100 valence electrons. The zero-order valence-corrected chi connectivity index (χ0v) is 11.4. The van der Waals surface area contributed by atoms with Crippen LogP contribution in [-0.4, -0.2) is 11.8 Å². The Morgan fingerprint density at radius 2 is 2.11 bits per heavy atom. The molecule has 1 saturated carbocycles. The predicted octanol–water partition coefficient (Wildman–Crippen LogP) is 3.09. The molecule has 2 rings (SSSR count). The van der Waals surface area contributed by atoms with E-state index >= 15 is 0 Å². The number of carbonyl (C=O) groups is 2. The van der Waals surface area contributed by atoms with Crippen LogP contribution in [0.2, 0.25) is 0 Å². The van der Waals surface area contributed by atoms with Gasteiger partial charge in [-0.3, -0.25) is 4.79 Å². The van der Waals surface area contributed by atoms with Crippen LogP contribution in [0.25, 0.3) is 0 Å². The highest BCUT2D eigenvalue weighted by atomic mass is 16.5. The highest BCUT2D eigenvalue weighted by Crippen LogP contribution is 2.45. The summed E-state index contributed by atoms with van der Waals surface area (Å²) in [7, 11) is 0. The van der Waals surface area contributed by atoms with Crippen molar-refractivity contribution >= 4 is 11.8 Å². The van der Waals surface area contributed by atoms with Gasteiger partial charge in [0.2, 0.25) is 0 Å². The van der Waals surface area contributed by atoms with E-state index in [0.29, 0.717) is 24.2 Å². The molecular formula is C15H22O3. The van der Waals surface area contributed by atoms with Crippen LogP contribution in [0.1, 0.15) is 46.5 Å². The molecule has 3 heteroatoms. The molecule has 1 heterocycles. The summed E-state index contributed by atoms with van der Waals surface area (Å²) in [6, 6.07) is 0. The third kappa shape index (κ3) is 2.50. The quantitative estimate of drug-likeness (QED) is 0.723. The third-order valence-electron chi connectivity index (χ3n) is 4.57. The molecule has 1 aliphatic heterocycles. The molecule has 0 unspecified atom stereocenters. The van der Waals surface area contributed by atoms with E-state index < -0.39 is 0 Å². The zero-order chi connectivity index (χ0) is 13.3. The average molecular weight is 250 g/mol. The second-order valence-corrected chi connectivity index (χ2v) is 5.85. The number of allylic oxidation sites excluding steroid dienone is 1. The maximum absolute atomic E-state index is 11.6. The molecule has 4 atom stereocenters. The summed E-state index contributed by atoms with van der Waals surface area (Å²) in [6.45, 7) is 5.84. The van der Waals surface area contributed by atoms with Crippen LogP contribution in [0.4, 0.5) is 0 Å². The van der Waals surface area contributed by atoms with Gasteiger partial charge in [0.25, 0.3) is 0 Å². The number of Topliss-reactive ketones (excluding diaryl/α,β-unsaturated/α-hetero) is 1. The molecule has 0 radical (unpaired) electrons. The summed E-state index contributed by atoms with van der Waals surface area (Å²) >= 11 is 0. The highest BCUT2D eigenvalue weighted by Gasteiger charge is 2.40. The molecule has 0 aromatic rings. The molecule has 0 bridgehead atoms. The molecule has 0 N–H and O–H groups in total. The molecule has 18 heavy (non-hydrogen) atoms. The van der Waals surface area contributed by atoms with Crippen LogP contribution in [0.3, 0.4) is 0 Å². The van der Waals surface area contributed by atoms with Gasteiger partial charge in [0.05, 0.1) is 12.2 Å². The molecule has 3 nitrogen and oxygen atoms in total. The van der Waals surface area contributed by atoms with Crippen molar-refractivity contribution in [3.63, 3.8) is 0 Å². The first-order valence-corrected chi connectivity index (χ1v) is 6.90. The summed E-state index contributed by atoms with van der Waals surface area (Å²) in [5.41, 5.74) is 1.27. The molecular weight excluding hydrogens is 228 g/mol. The van der Waals surface area contributed by atoms with Gasteiger partial charge in [0.15, 0.2) is 0 Å². The van der Waals surface area contributed by atoms with E-state index in [1.807, 2.05) is 6.92 Å². The first-order valence-electron chi connectivity index (χ1n) is 6.90. The number of esters is 1. The topological polar surface area (TPSA) is 43.4 Å². The Kier molecular flexibility index (Phi) is 3.88. The molecule has 0 aromatic carbocycles. The average Bonchev–Trinajstić information content (AvgIpc) is 2.32. The number of ether oxygens (including phenoxy) is 1. The van der Waals surface area contributed by atoms with Crippen molar-refractivity contribution in [3.05, 3.63) is 11.8 Å². The fraction of sp³-hybridized carbons (Fsp3) is 0.733. The molecule has 0 spiro atoms. The number of rotatable bonds is 3. The monoisotopic (exact) mass is 250 g/mol. The lowest BCUT2D eigenvalue weighted by Gasteiger charge is -2.40. The summed E-state index contributed by atoms with van der Waals surface area (Å²) in [4.78, 5) is 22.7. The maximum Gasteiger partial charge on any atom is 0.314 e. The van der Waals surface area contributed by atoms with Crippen molar-refractivity contribution in [2.45, 2.75) is 46.5 Å². The van der Waals surface area contributed by atoms with Crippen molar-refractivity contribution in [2.75, 3.05) is 0 Å². The molecule has 0 saturated heterocycles. The minimum absolute atomic E-state index is 0.0303. The van der Waals surface area contributed by atoms with Gasteiger partial charge in [-0.1, -0.05) is 13.8 Å². The summed E-state index contributed by atoms with van der Waals surface area (Å²) in [5, 5.41) is 0. The number of ketones is 1. The number of fused-ring (bicyclic) bond motifs is 1. The van der Waals surface area contributed by atoms with Gasteiger partial charge >= 0.3 is 5.97 Å². The van der Waals surface area contributed by atoms with E-state index in [0.717, 1.165) is 19.3 Å². The SMILES string of the molecule is CC(=O)CC[C@@H]1C2=COC(=O)[C@H](C)[C@@H]2CC[C@H]1C. The summed E-state index contributed by atoms with van der Waals surface area (Å²) in [5.74, 6) is 1.42. The van der Waals surface area contributed by atoms with E-state index in [9.17, 15) is 9.59 Å². The Bertz CT molecular complexity index is 383. The third-order valence-corrected chi connectivity index (χ3v) is 4.57. The summed E-state index contributed by atoms with van der Waals surface area (Å²) in [6.07, 6.45) is 5.40. The lowest BCUT2D eigenvalue weighted by molar-refractivity contribution is -0.146. The van der Waals surface area contributed by atoms with Gasteiger partial charge in [0, 0.05) is 6.42 Å². The van der Waals surface area contributed by atoms with Crippen LogP contribution in [-0.2, 0) is 14.3 Å². The van der Waals surface area contributed by atoms with Gasteiger partial charge in [-0.05, 0) is 49.5 Å². The zero-order valence-electron chi connectivity index (χ0n) is 11.4. The molecule has 1 aliphatic carbocycles. The Balaban J connectivity index is 2.16. The van der Waals surface area contributed by atoms with Gasteiger partial charge in [0.1, 0.15) is 5.78 Å². The molecule has 1 fully saturated rings. The van der Waals surface area contributed by atoms with Crippen LogP contribution < -0.4 is 0 Å². The van der Waals surface area contributed by atoms with Crippen molar-refractivity contribution in [1.29, 1.82) is 0 Å². The Morgan fingerprint density at radius 3 is 2.78 bits per heavy atom. The second-order valence-electron chi connectivity index (χ2n) is 5.85. The fourth-order valence-corrected chi connectivity index (χ4v) is 3.33. The lowest BCUT2D eigenvalue weighted by atomic mass is 9.65. The molecule has 0 aromatic heterocycles. The van der Waals surface area contributed by atoms with Gasteiger partial charge in [-0.15, -0.1) is 0 Å². The van der Waals surface area contributed by atoms with Crippen molar-refractivity contribution in [2.24, 2.45) is 23.7 Å². The lowest BCUT2D eigenvalue weighted by Crippen LogP contribution is -2.36. The van der Waals surface area contributed by atoms with Crippen molar-refractivity contribution in [3.8, 4) is 0 Å². The van der Waals surface area contributed by atoms with Crippen LogP contribution >= 0.6 is 0 Å². The Morgan fingerprint density at radius 1 is 1.39 bits per heavy atom.